The third-order valence-electron chi connectivity index (χ3n) is 4.77. The van der Waals surface area contributed by atoms with E-state index in [0.717, 1.165) is 48.5 Å². The fourth-order valence-corrected chi connectivity index (χ4v) is 3.63. The minimum Gasteiger partial charge on any atom is -0.373 e. The third-order valence-corrected chi connectivity index (χ3v) is 4.77. The van der Waals surface area contributed by atoms with E-state index in [9.17, 15) is 10.1 Å². The number of fused-ring (bicyclic) bond motifs is 1. The molecule has 140 valence electrons. The molecule has 1 fully saturated rings. The van der Waals surface area contributed by atoms with Crippen LogP contribution in [0.2, 0.25) is 0 Å². The normalized spacial score (nSPS) is 21.1. The number of ether oxygens (including phenoxy) is 1. The van der Waals surface area contributed by atoms with Crippen molar-refractivity contribution in [3.05, 3.63) is 40.1 Å². The Hall–Kier alpha value is -2.25. The molecule has 0 saturated carbocycles. The molecule has 0 bridgehead atoms. The van der Waals surface area contributed by atoms with Crippen LogP contribution in [0.4, 0.5) is 11.4 Å². The van der Waals surface area contributed by atoms with Gasteiger partial charge < -0.3 is 9.64 Å². The van der Waals surface area contributed by atoms with Gasteiger partial charge in [0.15, 0.2) is 0 Å². The lowest BCUT2D eigenvalue weighted by Gasteiger charge is -2.36. The smallest absolute Gasteiger partial charge is 0.270 e. The van der Waals surface area contributed by atoms with E-state index >= 15 is 0 Å². The summed E-state index contributed by atoms with van der Waals surface area (Å²) >= 11 is 0. The minimum atomic E-state index is -0.362. The largest absolute Gasteiger partial charge is 0.373 e. The van der Waals surface area contributed by atoms with Crippen molar-refractivity contribution in [3.63, 3.8) is 0 Å². The van der Waals surface area contributed by atoms with E-state index in [0.29, 0.717) is 0 Å². The maximum atomic E-state index is 11.1. The number of aromatic nitrogens is 1. The van der Waals surface area contributed by atoms with Crippen molar-refractivity contribution in [2.45, 2.75) is 33.0 Å². The van der Waals surface area contributed by atoms with Crippen LogP contribution in [0, 0.1) is 17.0 Å². The Labute approximate surface area is 153 Å². The monoisotopic (exact) mass is 358 g/mol. The van der Waals surface area contributed by atoms with Crippen molar-refractivity contribution in [1.82, 2.24) is 9.88 Å². The van der Waals surface area contributed by atoms with Gasteiger partial charge in [-0.05, 0) is 32.9 Å². The standard InChI is InChI=1S/C19H26N4O3/c1-13-9-19(17-10-16(23(24)25)5-6-18(17)20-13)21(4)7-8-22-11-14(2)26-15(3)12-22/h5-6,9-10,14-15H,7-8,11-12H2,1-4H3/t14-,15+. The molecule has 26 heavy (non-hydrogen) atoms. The lowest BCUT2D eigenvalue weighted by atomic mass is 10.1. The summed E-state index contributed by atoms with van der Waals surface area (Å²) in [6.07, 6.45) is 0.492. The molecule has 1 aliphatic rings. The second kappa shape index (κ2) is 7.55. The van der Waals surface area contributed by atoms with Crippen LogP contribution in [0.15, 0.2) is 24.3 Å². The van der Waals surface area contributed by atoms with Crippen molar-refractivity contribution < 1.29 is 9.66 Å². The number of hydrogen-bond donors (Lipinski definition) is 0. The number of rotatable bonds is 5. The molecule has 0 amide bonds. The van der Waals surface area contributed by atoms with Crippen LogP contribution in [-0.4, -0.2) is 60.2 Å². The van der Waals surface area contributed by atoms with Crippen molar-refractivity contribution in [3.8, 4) is 0 Å². The maximum Gasteiger partial charge on any atom is 0.270 e. The number of benzene rings is 1. The van der Waals surface area contributed by atoms with Crippen LogP contribution in [0.5, 0.6) is 0 Å². The Morgan fingerprint density at radius 1 is 1.31 bits per heavy atom. The van der Waals surface area contributed by atoms with E-state index in [1.807, 2.05) is 20.0 Å². The van der Waals surface area contributed by atoms with E-state index in [4.69, 9.17) is 4.74 Å². The number of nitro groups is 1. The second-order valence-corrected chi connectivity index (χ2v) is 7.18. The first-order chi connectivity index (χ1) is 12.3. The lowest BCUT2D eigenvalue weighted by molar-refractivity contribution is -0.384. The fraction of sp³-hybridized carbons (Fsp3) is 0.526. The molecule has 1 aromatic heterocycles. The van der Waals surface area contributed by atoms with Gasteiger partial charge >= 0.3 is 0 Å². The predicted octanol–water partition coefficient (Wildman–Crippen LogP) is 3.00. The zero-order chi connectivity index (χ0) is 18.8. The van der Waals surface area contributed by atoms with Gasteiger partial charge in [0, 0.05) is 62.1 Å². The number of nitrogens with zero attached hydrogens (tertiary/aromatic N) is 4. The summed E-state index contributed by atoms with van der Waals surface area (Å²) < 4.78 is 5.79. The highest BCUT2D eigenvalue weighted by Crippen LogP contribution is 2.29. The quantitative estimate of drug-likeness (QED) is 0.604. The Kier molecular flexibility index (Phi) is 5.38. The van der Waals surface area contributed by atoms with Crippen LogP contribution in [0.3, 0.4) is 0 Å². The minimum absolute atomic E-state index is 0.0913. The Morgan fingerprint density at radius 2 is 2.00 bits per heavy atom. The van der Waals surface area contributed by atoms with Crippen LogP contribution in [-0.2, 0) is 4.74 Å². The average Bonchev–Trinajstić information content (AvgIpc) is 2.57. The average molecular weight is 358 g/mol. The summed E-state index contributed by atoms with van der Waals surface area (Å²) in [4.78, 5) is 19.9. The van der Waals surface area contributed by atoms with Gasteiger partial charge in [-0.1, -0.05) is 0 Å². The third kappa shape index (κ3) is 4.11. The van der Waals surface area contributed by atoms with Crippen molar-refractivity contribution in [2.24, 2.45) is 0 Å². The summed E-state index contributed by atoms with van der Waals surface area (Å²) in [5, 5.41) is 12.0. The molecule has 2 atom stereocenters. The molecule has 2 aromatic rings. The molecule has 0 aliphatic carbocycles. The van der Waals surface area contributed by atoms with Crippen molar-refractivity contribution in [1.29, 1.82) is 0 Å². The highest BCUT2D eigenvalue weighted by molar-refractivity contribution is 5.93. The summed E-state index contributed by atoms with van der Waals surface area (Å²) in [5.41, 5.74) is 2.76. The molecule has 1 aliphatic heterocycles. The maximum absolute atomic E-state index is 11.1. The van der Waals surface area contributed by atoms with Crippen molar-refractivity contribution >= 4 is 22.3 Å². The Morgan fingerprint density at radius 3 is 2.65 bits per heavy atom. The second-order valence-electron chi connectivity index (χ2n) is 7.18. The molecule has 1 aromatic carbocycles. The zero-order valence-electron chi connectivity index (χ0n) is 15.8. The fourth-order valence-electron chi connectivity index (χ4n) is 3.63. The summed E-state index contributed by atoms with van der Waals surface area (Å²) in [7, 11) is 2.03. The van der Waals surface area contributed by atoms with E-state index in [2.05, 4.69) is 28.6 Å². The molecular formula is C19H26N4O3. The van der Waals surface area contributed by atoms with Gasteiger partial charge in [-0.25, -0.2) is 0 Å². The predicted molar refractivity (Wildman–Crippen MR) is 103 cm³/mol. The number of likely N-dealkylation sites (N-methyl/N-ethyl adjacent to an activating group) is 1. The van der Waals surface area contributed by atoms with E-state index < -0.39 is 0 Å². The SMILES string of the molecule is Cc1cc(N(C)CCN2C[C@@H](C)O[C@@H](C)C2)c2cc([N+](=O)[O-])ccc2n1. The van der Waals surface area contributed by atoms with Gasteiger partial charge in [0.1, 0.15) is 0 Å². The highest BCUT2D eigenvalue weighted by Gasteiger charge is 2.22. The van der Waals surface area contributed by atoms with Crippen LogP contribution >= 0.6 is 0 Å². The van der Waals surface area contributed by atoms with E-state index in [1.54, 1.807) is 12.1 Å². The zero-order valence-corrected chi connectivity index (χ0v) is 15.8. The van der Waals surface area contributed by atoms with Gasteiger partial charge in [-0.3, -0.25) is 20.0 Å². The van der Waals surface area contributed by atoms with Gasteiger partial charge in [-0.2, -0.15) is 0 Å². The summed E-state index contributed by atoms with van der Waals surface area (Å²) in [6, 6.07) is 6.85. The number of pyridine rings is 1. The summed E-state index contributed by atoms with van der Waals surface area (Å²) in [6.45, 7) is 9.77. The number of anilines is 1. The van der Waals surface area contributed by atoms with E-state index in [1.165, 1.54) is 6.07 Å². The molecule has 0 spiro atoms. The summed E-state index contributed by atoms with van der Waals surface area (Å²) in [5.74, 6) is 0. The van der Waals surface area contributed by atoms with Crippen LogP contribution in [0.25, 0.3) is 10.9 Å². The van der Waals surface area contributed by atoms with Gasteiger partial charge in [0.2, 0.25) is 0 Å². The topological polar surface area (TPSA) is 71.7 Å². The molecule has 0 radical (unpaired) electrons. The molecule has 0 unspecified atom stereocenters. The van der Waals surface area contributed by atoms with E-state index in [-0.39, 0.29) is 22.8 Å². The first-order valence-electron chi connectivity index (χ1n) is 8.98. The van der Waals surface area contributed by atoms with Crippen molar-refractivity contribution in [2.75, 3.05) is 38.1 Å². The molecule has 7 nitrogen and oxygen atoms in total. The number of hydrogen-bond acceptors (Lipinski definition) is 6. The molecule has 2 heterocycles. The first kappa shape index (κ1) is 18.5. The van der Waals surface area contributed by atoms with Crippen LogP contribution in [0.1, 0.15) is 19.5 Å². The first-order valence-corrected chi connectivity index (χ1v) is 8.98. The lowest BCUT2D eigenvalue weighted by Crippen LogP contribution is -2.47. The number of nitro benzene ring substituents is 1. The number of aryl methyl sites for hydroxylation is 1. The van der Waals surface area contributed by atoms with Crippen LogP contribution < -0.4 is 4.90 Å². The molecule has 7 heteroatoms. The number of non-ortho nitro benzene ring substituents is 1. The molecular weight excluding hydrogens is 332 g/mol. The van der Waals surface area contributed by atoms with Gasteiger partial charge in [-0.15, -0.1) is 0 Å². The van der Waals surface area contributed by atoms with Gasteiger partial charge in [0.05, 0.1) is 22.6 Å². The Bertz CT molecular complexity index is 801. The molecule has 0 N–H and O–H groups in total. The number of morpholine rings is 1. The highest BCUT2D eigenvalue weighted by atomic mass is 16.6. The molecule has 3 rings (SSSR count). The van der Waals surface area contributed by atoms with Gasteiger partial charge in [0.25, 0.3) is 5.69 Å². The molecule has 1 saturated heterocycles. The Balaban J connectivity index is 1.81.